The molecule has 0 radical (unpaired) electrons. The van der Waals surface area contributed by atoms with Crippen LogP contribution in [-0.4, -0.2) is 47.3 Å². The van der Waals surface area contributed by atoms with Gasteiger partial charge in [0.25, 0.3) is 5.91 Å². The highest BCUT2D eigenvalue weighted by Crippen LogP contribution is 2.28. The highest BCUT2D eigenvalue weighted by Gasteiger charge is 2.27. The molecule has 0 saturated carbocycles. The summed E-state index contributed by atoms with van der Waals surface area (Å²) in [4.78, 5) is 12.5. The molecular weight excluding hydrogens is 356 g/mol. The molecule has 0 aliphatic carbocycles. The van der Waals surface area contributed by atoms with Gasteiger partial charge in [-0.25, -0.2) is 13.1 Å². The Hall–Kier alpha value is -2.39. The summed E-state index contributed by atoms with van der Waals surface area (Å²) in [6.45, 7) is 3.62. The molecule has 0 saturated heterocycles. The fourth-order valence-corrected chi connectivity index (χ4v) is 4.40. The molecule has 0 unspecified atom stereocenters. The zero-order valence-electron chi connectivity index (χ0n) is 14.4. The number of anilines is 1. The fraction of sp³-hybridized carbons (Fsp3) is 0.412. The Balaban J connectivity index is 1.55. The van der Waals surface area contributed by atoms with Crippen molar-refractivity contribution in [1.29, 1.82) is 0 Å². The molecule has 0 bridgehead atoms. The van der Waals surface area contributed by atoms with Crippen LogP contribution in [0.15, 0.2) is 24.3 Å². The summed E-state index contributed by atoms with van der Waals surface area (Å²) in [6.07, 6.45) is 0.563. The monoisotopic (exact) mass is 376 g/mol. The zero-order valence-corrected chi connectivity index (χ0v) is 15.3. The molecule has 2 aromatic rings. The van der Waals surface area contributed by atoms with E-state index in [-0.39, 0.29) is 11.7 Å². The summed E-state index contributed by atoms with van der Waals surface area (Å²) in [7, 11) is -3.22. The van der Waals surface area contributed by atoms with Crippen LogP contribution in [0, 0.1) is 0 Å². The predicted octanol–water partition coefficient (Wildman–Crippen LogP) is 1.24. The van der Waals surface area contributed by atoms with Gasteiger partial charge in [-0.3, -0.25) is 4.79 Å². The van der Waals surface area contributed by atoms with Crippen LogP contribution in [0.25, 0.3) is 0 Å². The van der Waals surface area contributed by atoms with E-state index in [1.54, 1.807) is 17.7 Å². The summed E-state index contributed by atoms with van der Waals surface area (Å²) in [5.74, 6) is 0.393. The summed E-state index contributed by atoms with van der Waals surface area (Å²) in [5, 5.41) is 7.15. The van der Waals surface area contributed by atoms with Crippen molar-refractivity contribution in [2.45, 2.75) is 26.4 Å². The Morgan fingerprint density at radius 1 is 1.35 bits per heavy atom. The van der Waals surface area contributed by atoms with Gasteiger partial charge < -0.3 is 10.1 Å². The largest absolute Gasteiger partial charge is 0.476 e. The van der Waals surface area contributed by atoms with E-state index in [2.05, 4.69) is 10.4 Å². The number of ether oxygens (including phenoxy) is 1. The van der Waals surface area contributed by atoms with Crippen LogP contribution in [0.1, 0.15) is 28.5 Å². The van der Waals surface area contributed by atoms with E-state index in [0.29, 0.717) is 49.9 Å². The lowest BCUT2D eigenvalue weighted by Crippen LogP contribution is -2.37. The number of nitrogens with zero attached hydrogens (tertiary/aromatic N) is 3. The first-order chi connectivity index (χ1) is 12.5. The molecular formula is C17H20N4O4S. The number of rotatable bonds is 4. The SMILES string of the molecule is CCS(=O)(=O)N1CCc2c(cccc2NC(=O)c2cc3n(n2)CCO3)C1. The Morgan fingerprint density at radius 2 is 2.19 bits per heavy atom. The van der Waals surface area contributed by atoms with E-state index in [1.165, 1.54) is 4.31 Å². The Kier molecular flexibility index (Phi) is 4.20. The number of hydrogen-bond donors (Lipinski definition) is 1. The minimum Gasteiger partial charge on any atom is -0.476 e. The van der Waals surface area contributed by atoms with E-state index >= 15 is 0 Å². The summed E-state index contributed by atoms with van der Waals surface area (Å²) >= 11 is 0. The number of carbonyl (C=O) groups excluding carboxylic acids is 1. The maximum absolute atomic E-state index is 12.5. The van der Waals surface area contributed by atoms with E-state index < -0.39 is 10.0 Å². The molecule has 138 valence electrons. The average Bonchev–Trinajstić information content (AvgIpc) is 3.23. The zero-order chi connectivity index (χ0) is 18.3. The Bertz CT molecular complexity index is 946. The van der Waals surface area contributed by atoms with E-state index in [4.69, 9.17) is 4.74 Å². The van der Waals surface area contributed by atoms with Gasteiger partial charge in [0.05, 0.1) is 12.3 Å². The normalized spacial score (nSPS) is 16.7. The molecule has 1 amide bonds. The van der Waals surface area contributed by atoms with Crippen LogP contribution in [0.2, 0.25) is 0 Å². The van der Waals surface area contributed by atoms with Crippen molar-refractivity contribution in [2.75, 3.05) is 24.2 Å². The summed E-state index contributed by atoms with van der Waals surface area (Å²) < 4.78 is 32.8. The third-order valence-corrected chi connectivity index (χ3v) is 6.59. The number of sulfonamides is 1. The number of fused-ring (bicyclic) bond motifs is 2. The van der Waals surface area contributed by atoms with Gasteiger partial charge in [0.15, 0.2) is 5.69 Å². The van der Waals surface area contributed by atoms with Crippen LogP contribution in [0.4, 0.5) is 5.69 Å². The molecule has 1 aromatic heterocycles. The van der Waals surface area contributed by atoms with Crippen molar-refractivity contribution in [1.82, 2.24) is 14.1 Å². The van der Waals surface area contributed by atoms with Crippen molar-refractivity contribution < 1.29 is 17.9 Å². The molecule has 3 heterocycles. The minimum atomic E-state index is -3.22. The molecule has 1 aromatic carbocycles. The number of benzene rings is 1. The number of amides is 1. The molecule has 26 heavy (non-hydrogen) atoms. The first-order valence-electron chi connectivity index (χ1n) is 8.58. The second kappa shape index (κ2) is 6.40. The molecule has 1 N–H and O–H groups in total. The van der Waals surface area contributed by atoms with Gasteiger partial charge in [0.1, 0.15) is 6.61 Å². The molecule has 9 heteroatoms. The van der Waals surface area contributed by atoms with E-state index in [9.17, 15) is 13.2 Å². The van der Waals surface area contributed by atoms with Gasteiger partial charge in [-0.15, -0.1) is 0 Å². The maximum atomic E-state index is 12.5. The quantitative estimate of drug-likeness (QED) is 0.866. The number of aromatic nitrogens is 2. The fourth-order valence-electron chi connectivity index (χ4n) is 3.33. The van der Waals surface area contributed by atoms with Crippen molar-refractivity contribution >= 4 is 21.6 Å². The van der Waals surface area contributed by atoms with Gasteiger partial charge in [-0.05, 0) is 30.5 Å². The predicted molar refractivity (Wildman–Crippen MR) is 95.7 cm³/mol. The molecule has 0 atom stereocenters. The number of carbonyl (C=O) groups is 1. The van der Waals surface area contributed by atoms with Gasteiger partial charge in [-0.2, -0.15) is 9.40 Å². The molecule has 4 rings (SSSR count). The minimum absolute atomic E-state index is 0.0891. The standard InChI is InChI=1S/C17H20N4O4S/c1-2-26(23,24)20-7-6-13-12(11-20)4-3-5-14(13)18-17(22)15-10-16-21(19-15)8-9-25-16/h3-5,10H,2,6-9,11H2,1H3,(H,18,22). The summed E-state index contributed by atoms with van der Waals surface area (Å²) in [5.41, 5.74) is 2.91. The topological polar surface area (TPSA) is 93.5 Å². The summed E-state index contributed by atoms with van der Waals surface area (Å²) in [6, 6.07) is 7.20. The Labute approximate surface area is 151 Å². The van der Waals surface area contributed by atoms with Gasteiger partial charge in [-0.1, -0.05) is 12.1 Å². The van der Waals surface area contributed by atoms with Crippen LogP contribution in [0.5, 0.6) is 5.88 Å². The van der Waals surface area contributed by atoms with Crippen molar-refractivity contribution in [3.8, 4) is 5.88 Å². The lowest BCUT2D eigenvalue weighted by atomic mass is 9.99. The van der Waals surface area contributed by atoms with E-state index in [0.717, 1.165) is 11.1 Å². The molecule has 0 fully saturated rings. The van der Waals surface area contributed by atoms with Crippen LogP contribution in [0.3, 0.4) is 0 Å². The smallest absolute Gasteiger partial charge is 0.276 e. The third kappa shape index (κ3) is 2.97. The van der Waals surface area contributed by atoms with Crippen LogP contribution >= 0.6 is 0 Å². The maximum Gasteiger partial charge on any atom is 0.276 e. The third-order valence-electron chi connectivity index (χ3n) is 4.77. The van der Waals surface area contributed by atoms with Crippen molar-refractivity contribution in [3.63, 3.8) is 0 Å². The highest BCUT2D eigenvalue weighted by atomic mass is 32.2. The van der Waals surface area contributed by atoms with Crippen LogP contribution in [-0.2, 0) is 29.5 Å². The number of nitrogens with one attached hydrogen (secondary N) is 1. The second-order valence-corrected chi connectivity index (χ2v) is 8.58. The average molecular weight is 376 g/mol. The van der Waals surface area contributed by atoms with Crippen molar-refractivity contribution in [3.05, 3.63) is 41.1 Å². The van der Waals surface area contributed by atoms with Gasteiger partial charge >= 0.3 is 0 Å². The van der Waals surface area contributed by atoms with Crippen molar-refractivity contribution in [2.24, 2.45) is 0 Å². The van der Waals surface area contributed by atoms with Crippen LogP contribution < -0.4 is 10.1 Å². The number of hydrogen-bond acceptors (Lipinski definition) is 5. The van der Waals surface area contributed by atoms with Gasteiger partial charge in [0, 0.05) is 24.8 Å². The van der Waals surface area contributed by atoms with Gasteiger partial charge in [0.2, 0.25) is 15.9 Å². The molecule has 2 aliphatic heterocycles. The highest BCUT2D eigenvalue weighted by molar-refractivity contribution is 7.89. The Morgan fingerprint density at radius 3 is 2.96 bits per heavy atom. The second-order valence-electron chi connectivity index (χ2n) is 6.32. The molecule has 2 aliphatic rings. The molecule has 8 nitrogen and oxygen atoms in total. The lowest BCUT2D eigenvalue weighted by molar-refractivity contribution is 0.102. The first-order valence-corrected chi connectivity index (χ1v) is 10.2. The molecule has 0 spiro atoms. The lowest BCUT2D eigenvalue weighted by Gasteiger charge is -2.29. The van der Waals surface area contributed by atoms with E-state index in [1.807, 2.05) is 18.2 Å². The first kappa shape index (κ1) is 17.0.